The minimum Gasteiger partial charge on any atom is -0.378 e. The van der Waals surface area contributed by atoms with Crippen molar-refractivity contribution in [1.29, 1.82) is 0 Å². The summed E-state index contributed by atoms with van der Waals surface area (Å²) >= 11 is 0. The molecule has 1 aliphatic heterocycles. The molecule has 0 unspecified atom stereocenters. The number of aromatic nitrogens is 5. The van der Waals surface area contributed by atoms with Gasteiger partial charge in [0.1, 0.15) is 5.82 Å². The predicted octanol–water partition coefficient (Wildman–Crippen LogP) is 3.09. The maximum Gasteiger partial charge on any atom is 0.228 e. The van der Waals surface area contributed by atoms with Crippen LogP contribution in [0.5, 0.6) is 0 Å². The van der Waals surface area contributed by atoms with Crippen LogP contribution in [-0.2, 0) is 16.0 Å². The van der Waals surface area contributed by atoms with Crippen molar-refractivity contribution in [2.24, 2.45) is 5.92 Å². The zero-order chi connectivity index (χ0) is 22.5. The highest BCUT2D eigenvalue weighted by Gasteiger charge is 2.30. The third kappa shape index (κ3) is 3.58. The van der Waals surface area contributed by atoms with Gasteiger partial charge < -0.3 is 15.0 Å². The van der Waals surface area contributed by atoms with Crippen LogP contribution in [0.2, 0.25) is 0 Å². The molecule has 1 aliphatic carbocycles. The summed E-state index contributed by atoms with van der Waals surface area (Å²) in [5.74, 6) is 1.29. The van der Waals surface area contributed by atoms with E-state index in [-0.39, 0.29) is 17.9 Å². The van der Waals surface area contributed by atoms with Crippen molar-refractivity contribution in [3.8, 4) is 11.4 Å². The van der Waals surface area contributed by atoms with Crippen molar-refractivity contribution in [3.05, 3.63) is 42.5 Å². The molecule has 2 fully saturated rings. The fourth-order valence-electron chi connectivity index (χ4n) is 4.26. The molecule has 2 aliphatic rings. The molecule has 9 nitrogen and oxygen atoms in total. The fourth-order valence-corrected chi connectivity index (χ4v) is 4.26. The van der Waals surface area contributed by atoms with Gasteiger partial charge in [0, 0.05) is 60.5 Å². The zero-order valence-corrected chi connectivity index (χ0v) is 18.7. The Morgan fingerprint density at radius 2 is 2.03 bits per heavy atom. The van der Waals surface area contributed by atoms with Crippen molar-refractivity contribution < 1.29 is 9.53 Å². The number of anilines is 2. The Hall–Kier alpha value is -3.59. The molecular weight excluding hydrogens is 418 g/mol. The second kappa shape index (κ2) is 7.77. The van der Waals surface area contributed by atoms with E-state index in [1.165, 1.54) is 0 Å². The van der Waals surface area contributed by atoms with E-state index in [2.05, 4.69) is 33.2 Å². The summed E-state index contributed by atoms with van der Waals surface area (Å²) in [6.45, 7) is 3.82. The number of pyridine rings is 3. The maximum absolute atomic E-state index is 12.3. The number of fused-ring (bicyclic) bond motifs is 2. The third-order valence-electron chi connectivity index (χ3n) is 6.49. The second-order valence-corrected chi connectivity index (χ2v) is 8.74. The Balaban J connectivity index is 1.39. The van der Waals surface area contributed by atoms with Gasteiger partial charge in [0.15, 0.2) is 11.5 Å². The number of amides is 1. The van der Waals surface area contributed by atoms with Crippen LogP contribution in [0.3, 0.4) is 0 Å². The van der Waals surface area contributed by atoms with Gasteiger partial charge in [0.25, 0.3) is 0 Å². The SMILES string of the molecule is CCc1ncc(-c2nc3ccc(N4CC(OC)C4)cn3n2)c2cc(NC(=O)C3CC3)ncc12. The van der Waals surface area contributed by atoms with Gasteiger partial charge in [0.05, 0.1) is 18.0 Å². The Bertz CT molecular complexity index is 1370. The van der Waals surface area contributed by atoms with Crippen molar-refractivity contribution in [1.82, 2.24) is 24.6 Å². The van der Waals surface area contributed by atoms with Gasteiger partial charge in [0.2, 0.25) is 5.91 Å². The molecule has 1 saturated heterocycles. The Kier molecular flexibility index (Phi) is 4.72. The summed E-state index contributed by atoms with van der Waals surface area (Å²) in [6, 6.07) is 5.95. The quantitative estimate of drug-likeness (QED) is 0.489. The van der Waals surface area contributed by atoms with Crippen LogP contribution in [0.15, 0.2) is 36.8 Å². The Morgan fingerprint density at radius 3 is 2.79 bits per heavy atom. The smallest absolute Gasteiger partial charge is 0.228 e. The molecule has 4 aromatic rings. The number of carbonyl (C=O) groups excluding carboxylic acids is 1. The van der Waals surface area contributed by atoms with Crippen LogP contribution in [0.1, 0.15) is 25.5 Å². The van der Waals surface area contributed by atoms with Gasteiger partial charge in [-0.3, -0.25) is 9.78 Å². The first kappa shape index (κ1) is 20.0. The molecule has 4 aromatic heterocycles. The largest absolute Gasteiger partial charge is 0.378 e. The number of hydrogen-bond donors (Lipinski definition) is 1. The molecule has 1 saturated carbocycles. The fraction of sp³-hybridized carbons (Fsp3) is 0.375. The number of nitrogens with zero attached hydrogens (tertiary/aromatic N) is 6. The normalized spacial score (nSPS) is 16.4. The lowest BCUT2D eigenvalue weighted by Crippen LogP contribution is -2.51. The van der Waals surface area contributed by atoms with Crippen molar-refractivity contribution >= 4 is 33.8 Å². The van der Waals surface area contributed by atoms with Gasteiger partial charge in [-0.05, 0) is 37.5 Å². The number of nitrogens with one attached hydrogen (secondary N) is 1. The summed E-state index contributed by atoms with van der Waals surface area (Å²) in [7, 11) is 1.75. The van der Waals surface area contributed by atoms with Crippen LogP contribution in [0.4, 0.5) is 11.5 Å². The van der Waals surface area contributed by atoms with Gasteiger partial charge in [-0.1, -0.05) is 6.92 Å². The zero-order valence-electron chi connectivity index (χ0n) is 18.7. The molecule has 0 spiro atoms. The average Bonchev–Trinajstić information content (AvgIpc) is 3.57. The number of aryl methyl sites for hydroxylation is 1. The van der Waals surface area contributed by atoms with Crippen LogP contribution in [-0.4, -0.2) is 56.8 Å². The topological polar surface area (TPSA) is 97.5 Å². The molecule has 0 radical (unpaired) electrons. The first-order valence-corrected chi connectivity index (χ1v) is 11.4. The first-order valence-electron chi connectivity index (χ1n) is 11.4. The van der Waals surface area contributed by atoms with Gasteiger partial charge in [-0.2, -0.15) is 0 Å². The lowest BCUT2D eigenvalue weighted by Gasteiger charge is -2.39. The van der Waals surface area contributed by atoms with E-state index in [1.54, 1.807) is 17.8 Å². The monoisotopic (exact) mass is 443 g/mol. The number of methoxy groups -OCH3 is 1. The van der Waals surface area contributed by atoms with Gasteiger partial charge >= 0.3 is 0 Å². The van der Waals surface area contributed by atoms with E-state index >= 15 is 0 Å². The molecule has 168 valence electrons. The summed E-state index contributed by atoms with van der Waals surface area (Å²) < 4.78 is 7.19. The highest BCUT2D eigenvalue weighted by atomic mass is 16.5. The number of hydrogen-bond acceptors (Lipinski definition) is 7. The minimum atomic E-state index is 0.0354. The first-order chi connectivity index (χ1) is 16.1. The highest BCUT2D eigenvalue weighted by Crippen LogP contribution is 2.32. The lowest BCUT2D eigenvalue weighted by atomic mass is 10.1. The van der Waals surface area contributed by atoms with Crippen LogP contribution < -0.4 is 10.2 Å². The molecule has 0 atom stereocenters. The third-order valence-corrected chi connectivity index (χ3v) is 6.49. The molecule has 1 N–H and O–H groups in total. The summed E-state index contributed by atoms with van der Waals surface area (Å²) in [5.41, 5.74) is 3.63. The Labute approximate surface area is 190 Å². The summed E-state index contributed by atoms with van der Waals surface area (Å²) in [6.07, 6.45) is 8.57. The van der Waals surface area contributed by atoms with Crippen LogP contribution >= 0.6 is 0 Å². The van der Waals surface area contributed by atoms with E-state index in [9.17, 15) is 4.79 Å². The van der Waals surface area contributed by atoms with Crippen LogP contribution in [0.25, 0.3) is 27.8 Å². The lowest BCUT2D eigenvalue weighted by molar-refractivity contribution is -0.117. The maximum atomic E-state index is 12.3. The number of rotatable bonds is 6. The predicted molar refractivity (Wildman–Crippen MR) is 125 cm³/mol. The van der Waals surface area contributed by atoms with E-state index in [1.807, 2.05) is 24.5 Å². The van der Waals surface area contributed by atoms with Gasteiger partial charge in [-0.15, -0.1) is 5.10 Å². The molecule has 6 rings (SSSR count). The summed E-state index contributed by atoms with van der Waals surface area (Å²) in [4.78, 5) is 28.4. The number of carbonyl (C=O) groups is 1. The number of ether oxygens (including phenoxy) is 1. The molecule has 33 heavy (non-hydrogen) atoms. The Morgan fingerprint density at radius 1 is 1.18 bits per heavy atom. The highest BCUT2D eigenvalue weighted by molar-refractivity contribution is 6.00. The van der Waals surface area contributed by atoms with Crippen LogP contribution in [0, 0.1) is 5.92 Å². The van der Waals surface area contributed by atoms with Crippen molar-refractivity contribution in [2.45, 2.75) is 32.3 Å². The molecule has 1 amide bonds. The minimum absolute atomic E-state index is 0.0354. The van der Waals surface area contributed by atoms with E-state index < -0.39 is 0 Å². The second-order valence-electron chi connectivity index (χ2n) is 8.74. The molecular formula is C24H25N7O2. The standard InChI is InChI=1S/C24H25N7O2/c1-3-20-18-9-26-21(27-24(32)14-4-5-14)8-17(18)19(10-25-20)23-28-22-7-6-15(11-31(22)29-23)30-12-16(13-30)33-2/h6-11,14,16H,3-5,12-13H2,1-2H3,(H,26,27,32). The molecule has 5 heterocycles. The van der Waals surface area contributed by atoms with E-state index in [4.69, 9.17) is 14.8 Å². The van der Waals surface area contributed by atoms with Gasteiger partial charge in [-0.25, -0.2) is 14.5 Å². The average molecular weight is 444 g/mol. The molecule has 0 aromatic carbocycles. The molecule has 0 bridgehead atoms. The molecule has 9 heteroatoms. The van der Waals surface area contributed by atoms with E-state index in [0.29, 0.717) is 11.6 Å². The summed E-state index contributed by atoms with van der Waals surface area (Å²) in [5, 5.41) is 9.59. The van der Waals surface area contributed by atoms with Crippen molar-refractivity contribution in [2.75, 3.05) is 30.4 Å². The van der Waals surface area contributed by atoms with E-state index in [0.717, 1.165) is 65.7 Å². The van der Waals surface area contributed by atoms with Crippen molar-refractivity contribution in [3.63, 3.8) is 0 Å².